The normalized spacial score (nSPS) is 24.4. The summed E-state index contributed by atoms with van der Waals surface area (Å²) in [6, 6.07) is 18.3. The van der Waals surface area contributed by atoms with E-state index in [1.54, 1.807) is 29.7 Å². The van der Waals surface area contributed by atoms with Crippen LogP contribution in [0.5, 0.6) is 0 Å². The van der Waals surface area contributed by atoms with Gasteiger partial charge in [-0.05, 0) is 49.1 Å². The molecule has 2 amide bonds. The summed E-state index contributed by atoms with van der Waals surface area (Å²) in [6.45, 7) is 5.78. The van der Waals surface area contributed by atoms with Crippen molar-refractivity contribution in [3.63, 3.8) is 0 Å². The Bertz CT molecular complexity index is 1880. The van der Waals surface area contributed by atoms with Gasteiger partial charge in [0.25, 0.3) is 11.2 Å². The lowest BCUT2D eigenvalue weighted by Gasteiger charge is -2.32. The van der Waals surface area contributed by atoms with Gasteiger partial charge in [-0.25, -0.2) is 9.88 Å². The number of rotatable bonds is 4. The molecule has 41 heavy (non-hydrogen) atoms. The molecule has 3 aliphatic rings. The number of nitrogens with one attached hydrogen (secondary N) is 1. The molecule has 0 saturated carbocycles. The largest absolute Gasteiger partial charge is 0.297 e. The molecule has 2 saturated heterocycles. The van der Waals surface area contributed by atoms with E-state index in [1.807, 2.05) is 30.3 Å². The lowest BCUT2D eigenvalue weighted by Crippen LogP contribution is -2.50. The summed E-state index contributed by atoms with van der Waals surface area (Å²) in [7, 11) is 0. The average Bonchev–Trinajstić information content (AvgIpc) is 3.51. The van der Waals surface area contributed by atoms with Gasteiger partial charge in [0.2, 0.25) is 11.8 Å². The number of imide groups is 1. The van der Waals surface area contributed by atoms with Gasteiger partial charge in [0.1, 0.15) is 11.4 Å². The highest BCUT2D eigenvalue weighted by atomic mass is 16.6. The molecule has 0 aliphatic carbocycles. The van der Waals surface area contributed by atoms with Crippen LogP contribution in [-0.2, 0) is 15.1 Å². The first-order valence-corrected chi connectivity index (χ1v) is 13.7. The highest BCUT2D eigenvalue weighted by Crippen LogP contribution is 2.56. The third-order valence-corrected chi connectivity index (χ3v) is 8.72. The lowest BCUT2D eigenvalue weighted by molar-refractivity contribution is -0.384. The van der Waals surface area contributed by atoms with Crippen LogP contribution in [0.2, 0.25) is 0 Å². The van der Waals surface area contributed by atoms with E-state index in [1.165, 1.54) is 23.1 Å². The number of carbonyl (C=O) groups is 2. The molecule has 0 bridgehead atoms. The van der Waals surface area contributed by atoms with Crippen molar-refractivity contribution >= 4 is 34.1 Å². The van der Waals surface area contributed by atoms with E-state index in [0.717, 1.165) is 5.56 Å². The van der Waals surface area contributed by atoms with Crippen molar-refractivity contribution in [1.29, 1.82) is 0 Å². The highest BCUT2D eigenvalue weighted by molar-refractivity contribution is 6.23. The number of benzene rings is 3. The number of anilines is 1. The van der Waals surface area contributed by atoms with Gasteiger partial charge < -0.3 is 0 Å². The third-order valence-electron chi connectivity index (χ3n) is 8.72. The first kappa shape index (κ1) is 25.3. The maximum Gasteiger partial charge on any atom is 0.269 e. The van der Waals surface area contributed by atoms with Crippen LogP contribution >= 0.6 is 0 Å². The number of nitrogens with zero attached hydrogens (tertiary/aromatic N) is 4. The van der Waals surface area contributed by atoms with E-state index in [-0.39, 0.29) is 29.1 Å². The maximum atomic E-state index is 14.5. The fraction of sp³-hybridized carbons (Fsp3) is 0.290. The van der Waals surface area contributed by atoms with Crippen LogP contribution < -0.4 is 15.8 Å². The van der Waals surface area contributed by atoms with Crippen LogP contribution in [-0.4, -0.2) is 32.3 Å². The van der Waals surface area contributed by atoms with E-state index in [4.69, 9.17) is 4.98 Å². The molecule has 7 rings (SSSR count). The van der Waals surface area contributed by atoms with Crippen LogP contribution in [0.1, 0.15) is 37.2 Å². The smallest absolute Gasteiger partial charge is 0.269 e. The van der Waals surface area contributed by atoms with Gasteiger partial charge in [-0.1, -0.05) is 44.2 Å². The molecule has 10 nitrogen and oxygen atoms in total. The van der Waals surface area contributed by atoms with Crippen LogP contribution in [0.15, 0.2) is 71.5 Å². The van der Waals surface area contributed by atoms with Gasteiger partial charge in [0, 0.05) is 23.7 Å². The van der Waals surface area contributed by atoms with E-state index in [2.05, 4.69) is 19.2 Å². The molecular formula is C31H27N5O5. The van der Waals surface area contributed by atoms with Gasteiger partial charge in [-0.3, -0.25) is 34.4 Å². The summed E-state index contributed by atoms with van der Waals surface area (Å²) in [6.07, 6.45) is 0.620. The Morgan fingerprint density at radius 3 is 2.46 bits per heavy atom. The Morgan fingerprint density at radius 2 is 1.73 bits per heavy atom. The predicted molar refractivity (Wildman–Crippen MR) is 152 cm³/mol. The molecule has 1 aromatic heterocycles. The van der Waals surface area contributed by atoms with Gasteiger partial charge in [0.15, 0.2) is 0 Å². The summed E-state index contributed by atoms with van der Waals surface area (Å²) in [4.78, 5) is 59.7. The Morgan fingerprint density at radius 1 is 1.00 bits per heavy atom. The molecule has 1 N–H and O–H groups in total. The monoisotopic (exact) mass is 549 g/mol. The van der Waals surface area contributed by atoms with Crippen molar-refractivity contribution in [2.45, 2.75) is 38.8 Å². The molecular weight excluding hydrogens is 522 g/mol. The first-order chi connectivity index (χ1) is 19.6. The second kappa shape index (κ2) is 8.65. The minimum Gasteiger partial charge on any atom is -0.297 e. The van der Waals surface area contributed by atoms with Crippen LogP contribution in [0.25, 0.3) is 16.6 Å². The summed E-state index contributed by atoms with van der Waals surface area (Å²) in [5, 5.41) is 15.5. The zero-order valence-corrected chi connectivity index (χ0v) is 22.7. The van der Waals surface area contributed by atoms with Crippen molar-refractivity contribution in [2.24, 2.45) is 17.8 Å². The predicted octanol–water partition coefficient (Wildman–Crippen LogP) is 3.98. The molecule has 4 heterocycles. The Balaban J connectivity index is 1.49. The number of non-ortho nitro benzene ring substituents is 1. The van der Waals surface area contributed by atoms with E-state index in [9.17, 15) is 24.5 Å². The van der Waals surface area contributed by atoms with Gasteiger partial charge in [0.05, 0.1) is 39.0 Å². The number of carbonyl (C=O) groups excluding carboxylic acids is 2. The molecule has 3 aromatic carbocycles. The van der Waals surface area contributed by atoms with Crippen molar-refractivity contribution in [1.82, 2.24) is 14.9 Å². The van der Waals surface area contributed by atoms with Gasteiger partial charge >= 0.3 is 0 Å². The fourth-order valence-corrected chi connectivity index (χ4v) is 7.17. The number of nitro groups is 1. The fourth-order valence-electron chi connectivity index (χ4n) is 7.17. The lowest BCUT2D eigenvalue weighted by atomic mass is 9.75. The minimum atomic E-state index is -1.22. The Kier molecular flexibility index (Phi) is 5.33. The van der Waals surface area contributed by atoms with Gasteiger partial charge in [-0.2, -0.15) is 0 Å². The summed E-state index contributed by atoms with van der Waals surface area (Å²) in [5.74, 6) is -1.76. The number of para-hydroxylation sites is 2. The van der Waals surface area contributed by atoms with Crippen molar-refractivity contribution in [2.75, 3.05) is 4.90 Å². The van der Waals surface area contributed by atoms with Crippen LogP contribution in [0.4, 0.5) is 11.4 Å². The maximum absolute atomic E-state index is 14.5. The highest BCUT2D eigenvalue weighted by Gasteiger charge is 2.69. The SMILES string of the molecule is Cc1cc([N+](=O)[O-])ccc1N1C(=O)[C@H]2[C@@H](CC(C)C)N[C@@]3(c4ccccc4-n4c3nc3ccccc3c4=O)[C@H]2C1=O. The second-order valence-corrected chi connectivity index (χ2v) is 11.5. The molecule has 4 aromatic rings. The van der Waals surface area contributed by atoms with Crippen LogP contribution in [0.3, 0.4) is 0 Å². The molecule has 10 heteroatoms. The Hall–Kier alpha value is -4.70. The number of aromatic nitrogens is 2. The number of amides is 2. The molecule has 1 spiro atoms. The molecule has 0 radical (unpaired) electrons. The molecule has 206 valence electrons. The number of nitro benzene ring substituents is 1. The Labute approximate surface area is 234 Å². The summed E-state index contributed by atoms with van der Waals surface area (Å²) >= 11 is 0. The van der Waals surface area contributed by atoms with Crippen LogP contribution in [0, 0.1) is 34.8 Å². The van der Waals surface area contributed by atoms with E-state index in [0.29, 0.717) is 40.1 Å². The standard InChI is InChI=1S/C31H27N5O5/c1-16(2)14-22-25-26(29(39)34(28(25)38)23-13-12-18(36(40)41)15-17(23)3)31(33-22)20-9-5-7-11-24(20)35-27(37)19-8-4-6-10-21(19)32-30(31)35/h4-13,15-16,22,25-26,33H,14H2,1-3H3/t22-,25+,26-,31+/m1/s1. The first-order valence-electron chi connectivity index (χ1n) is 13.7. The molecule has 0 unspecified atom stereocenters. The topological polar surface area (TPSA) is 127 Å². The van der Waals surface area contributed by atoms with Gasteiger partial charge in [-0.15, -0.1) is 0 Å². The number of hydrogen-bond donors (Lipinski definition) is 1. The quantitative estimate of drug-likeness (QED) is 0.232. The van der Waals surface area contributed by atoms with Crippen molar-refractivity contribution < 1.29 is 14.5 Å². The second-order valence-electron chi connectivity index (χ2n) is 11.5. The number of aryl methyl sites for hydroxylation is 1. The third kappa shape index (κ3) is 3.28. The zero-order valence-electron chi connectivity index (χ0n) is 22.7. The minimum absolute atomic E-state index is 0.115. The summed E-state index contributed by atoms with van der Waals surface area (Å²) < 4.78 is 1.58. The molecule has 3 aliphatic heterocycles. The number of fused-ring (bicyclic) bond motifs is 8. The van der Waals surface area contributed by atoms with Crippen molar-refractivity contribution in [3.05, 3.63) is 104 Å². The van der Waals surface area contributed by atoms with E-state index < -0.39 is 28.2 Å². The molecule has 2 fully saturated rings. The average molecular weight is 550 g/mol. The zero-order chi connectivity index (χ0) is 28.8. The van der Waals surface area contributed by atoms with Crippen molar-refractivity contribution in [3.8, 4) is 5.69 Å². The number of hydrogen-bond acceptors (Lipinski definition) is 7. The summed E-state index contributed by atoms with van der Waals surface area (Å²) in [5.41, 5.74) is 1.08. The van der Waals surface area contributed by atoms with E-state index >= 15 is 0 Å². The molecule has 4 atom stereocenters.